The quantitative estimate of drug-likeness (QED) is 0.537. The number of carbonyl (C=O) groups is 1. The number of rotatable bonds is 5. The van der Waals surface area contributed by atoms with Crippen molar-refractivity contribution in [2.45, 2.75) is 23.8 Å². The smallest absolute Gasteiger partial charge is 0.256 e. The highest BCUT2D eigenvalue weighted by Gasteiger charge is 2.18. The van der Waals surface area contributed by atoms with Crippen LogP contribution in [0.25, 0.3) is 0 Å². The third kappa shape index (κ3) is 4.71. The van der Waals surface area contributed by atoms with E-state index in [2.05, 4.69) is 27.9 Å². The lowest BCUT2D eigenvalue weighted by Crippen LogP contribution is -2.14. The SMILES string of the molecule is O=C(Nc1cccc(I)c1)c1ccccc1SCC1CCCO1. The lowest BCUT2D eigenvalue weighted by atomic mass is 10.2. The zero-order valence-corrected chi connectivity index (χ0v) is 15.6. The molecular weight excluding hydrogens is 421 g/mol. The van der Waals surface area contributed by atoms with E-state index in [0.29, 0.717) is 11.7 Å². The predicted molar refractivity (Wildman–Crippen MR) is 103 cm³/mol. The van der Waals surface area contributed by atoms with Crippen molar-refractivity contribution in [2.24, 2.45) is 0 Å². The molecule has 1 amide bonds. The summed E-state index contributed by atoms with van der Waals surface area (Å²) < 4.78 is 6.76. The van der Waals surface area contributed by atoms with Crippen molar-refractivity contribution in [1.82, 2.24) is 0 Å². The summed E-state index contributed by atoms with van der Waals surface area (Å²) in [4.78, 5) is 13.6. The molecule has 120 valence electrons. The molecule has 0 bridgehead atoms. The van der Waals surface area contributed by atoms with Gasteiger partial charge < -0.3 is 10.1 Å². The van der Waals surface area contributed by atoms with Gasteiger partial charge in [0.1, 0.15) is 0 Å². The van der Waals surface area contributed by atoms with Crippen molar-refractivity contribution in [1.29, 1.82) is 0 Å². The van der Waals surface area contributed by atoms with Gasteiger partial charge in [-0.05, 0) is 65.8 Å². The summed E-state index contributed by atoms with van der Waals surface area (Å²) in [5.41, 5.74) is 1.54. The Labute approximate surface area is 154 Å². The van der Waals surface area contributed by atoms with E-state index in [-0.39, 0.29) is 5.91 Å². The number of hydrogen-bond acceptors (Lipinski definition) is 3. The van der Waals surface area contributed by atoms with Gasteiger partial charge in [-0.3, -0.25) is 4.79 Å². The number of hydrogen-bond donors (Lipinski definition) is 1. The second-order valence-corrected chi connectivity index (χ2v) is 7.71. The third-order valence-electron chi connectivity index (χ3n) is 3.66. The van der Waals surface area contributed by atoms with Crippen LogP contribution in [0.15, 0.2) is 53.4 Å². The summed E-state index contributed by atoms with van der Waals surface area (Å²) in [7, 11) is 0. The zero-order chi connectivity index (χ0) is 16.1. The molecule has 0 aromatic heterocycles. The average molecular weight is 439 g/mol. The van der Waals surface area contributed by atoms with E-state index in [1.54, 1.807) is 11.8 Å². The van der Waals surface area contributed by atoms with Gasteiger partial charge in [0.25, 0.3) is 5.91 Å². The lowest BCUT2D eigenvalue weighted by molar-refractivity contribution is 0.102. The number of amides is 1. The Bertz CT molecular complexity index is 686. The molecule has 1 saturated heterocycles. The van der Waals surface area contributed by atoms with E-state index in [0.717, 1.165) is 39.4 Å². The first-order chi connectivity index (χ1) is 11.2. The van der Waals surface area contributed by atoms with Crippen molar-refractivity contribution >= 4 is 45.9 Å². The molecule has 3 nitrogen and oxygen atoms in total. The third-order valence-corrected chi connectivity index (χ3v) is 5.54. The minimum absolute atomic E-state index is 0.0672. The van der Waals surface area contributed by atoms with Gasteiger partial charge in [-0.2, -0.15) is 0 Å². The number of nitrogens with one attached hydrogen (secondary N) is 1. The fraction of sp³-hybridized carbons (Fsp3) is 0.278. The van der Waals surface area contributed by atoms with E-state index in [1.165, 1.54) is 0 Å². The van der Waals surface area contributed by atoms with Crippen LogP contribution in [0.3, 0.4) is 0 Å². The Balaban J connectivity index is 1.69. The van der Waals surface area contributed by atoms with Crippen molar-refractivity contribution in [2.75, 3.05) is 17.7 Å². The monoisotopic (exact) mass is 439 g/mol. The van der Waals surface area contributed by atoms with Gasteiger partial charge in [0, 0.05) is 26.5 Å². The molecule has 1 heterocycles. The summed E-state index contributed by atoms with van der Waals surface area (Å²) in [5, 5.41) is 2.98. The van der Waals surface area contributed by atoms with Crippen LogP contribution in [0.1, 0.15) is 23.2 Å². The molecule has 0 aliphatic carbocycles. The second-order valence-electron chi connectivity index (χ2n) is 5.41. The Kier molecular flexibility index (Phi) is 5.96. The lowest BCUT2D eigenvalue weighted by Gasteiger charge is -2.12. The molecule has 1 aliphatic rings. The largest absolute Gasteiger partial charge is 0.377 e. The Morgan fingerprint density at radius 3 is 2.91 bits per heavy atom. The maximum Gasteiger partial charge on any atom is 0.256 e. The van der Waals surface area contributed by atoms with Crippen molar-refractivity contribution in [3.05, 3.63) is 57.7 Å². The first-order valence-corrected chi connectivity index (χ1v) is 9.69. The Morgan fingerprint density at radius 1 is 1.26 bits per heavy atom. The highest BCUT2D eigenvalue weighted by atomic mass is 127. The second kappa shape index (κ2) is 8.17. The molecule has 0 radical (unpaired) electrons. The van der Waals surface area contributed by atoms with Crippen LogP contribution in [0.4, 0.5) is 5.69 Å². The molecule has 1 fully saturated rings. The van der Waals surface area contributed by atoms with Crippen LogP contribution >= 0.6 is 34.4 Å². The highest BCUT2D eigenvalue weighted by molar-refractivity contribution is 14.1. The highest BCUT2D eigenvalue weighted by Crippen LogP contribution is 2.27. The normalized spacial score (nSPS) is 17.2. The Morgan fingerprint density at radius 2 is 2.13 bits per heavy atom. The molecule has 3 rings (SSSR count). The summed E-state index contributed by atoms with van der Waals surface area (Å²) in [6.07, 6.45) is 2.57. The number of thioether (sulfide) groups is 1. The first kappa shape index (κ1) is 16.8. The summed E-state index contributed by atoms with van der Waals surface area (Å²) in [5.74, 6) is 0.829. The Hall–Kier alpha value is -1.05. The number of ether oxygens (including phenoxy) is 1. The summed E-state index contributed by atoms with van der Waals surface area (Å²) in [6.45, 7) is 0.861. The van der Waals surface area contributed by atoms with Crippen LogP contribution in [0, 0.1) is 3.57 Å². The zero-order valence-electron chi connectivity index (χ0n) is 12.6. The molecule has 5 heteroatoms. The van der Waals surface area contributed by atoms with Crippen LogP contribution in [0.2, 0.25) is 0 Å². The maximum atomic E-state index is 12.6. The van der Waals surface area contributed by atoms with Gasteiger partial charge in [-0.15, -0.1) is 11.8 Å². The topological polar surface area (TPSA) is 38.3 Å². The molecular formula is C18H18INO2S. The van der Waals surface area contributed by atoms with E-state index >= 15 is 0 Å². The van der Waals surface area contributed by atoms with Gasteiger partial charge in [-0.1, -0.05) is 18.2 Å². The molecule has 23 heavy (non-hydrogen) atoms. The van der Waals surface area contributed by atoms with Crippen molar-refractivity contribution < 1.29 is 9.53 Å². The number of anilines is 1. The van der Waals surface area contributed by atoms with Gasteiger partial charge in [0.05, 0.1) is 11.7 Å². The summed E-state index contributed by atoms with van der Waals surface area (Å²) >= 11 is 3.94. The van der Waals surface area contributed by atoms with Gasteiger partial charge in [-0.25, -0.2) is 0 Å². The standard InChI is InChI=1S/C18H18INO2S/c19-13-5-3-6-14(11-13)20-18(21)16-8-1-2-9-17(16)23-12-15-7-4-10-22-15/h1-3,5-6,8-9,11,15H,4,7,10,12H2,(H,20,21). The van der Waals surface area contributed by atoms with Gasteiger partial charge >= 0.3 is 0 Å². The number of benzene rings is 2. The fourth-order valence-corrected chi connectivity index (χ4v) is 4.17. The van der Waals surface area contributed by atoms with Crippen LogP contribution in [0.5, 0.6) is 0 Å². The molecule has 0 spiro atoms. The molecule has 1 N–H and O–H groups in total. The van der Waals surface area contributed by atoms with Crippen molar-refractivity contribution in [3.63, 3.8) is 0 Å². The van der Waals surface area contributed by atoms with E-state index in [1.807, 2.05) is 48.5 Å². The van der Waals surface area contributed by atoms with E-state index in [9.17, 15) is 4.79 Å². The molecule has 0 saturated carbocycles. The number of carbonyl (C=O) groups excluding carboxylic acids is 1. The average Bonchev–Trinajstić information content (AvgIpc) is 3.06. The minimum Gasteiger partial charge on any atom is -0.377 e. The predicted octanol–water partition coefficient (Wildman–Crippen LogP) is 4.81. The summed E-state index contributed by atoms with van der Waals surface area (Å²) in [6, 6.07) is 15.6. The molecule has 2 aromatic rings. The first-order valence-electron chi connectivity index (χ1n) is 7.63. The van der Waals surface area contributed by atoms with Gasteiger partial charge in [0.15, 0.2) is 0 Å². The minimum atomic E-state index is -0.0672. The number of halogens is 1. The van der Waals surface area contributed by atoms with Crippen LogP contribution in [-0.2, 0) is 4.74 Å². The molecule has 1 aliphatic heterocycles. The van der Waals surface area contributed by atoms with Crippen LogP contribution < -0.4 is 5.32 Å². The van der Waals surface area contributed by atoms with E-state index in [4.69, 9.17) is 4.74 Å². The molecule has 1 unspecified atom stereocenters. The molecule has 1 atom stereocenters. The van der Waals surface area contributed by atoms with Gasteiger partial charge in [0.2, 0.25) is 0 Å². The molecule has 2 aromatic carbocycles. The fourth-order valence-electron chi connectivity index (χ4n) is 2.50. The van der Waals surface area contributed by atoms with Crippen molar-refractivity contribution in [3.8, 4) is 0 Å². The van der Waals surface area contributed by atoms with Crippen LogP contribution in [-0.4, -0.2) is 24.4 Å². The van der Waals surface area contributed by atoms with E-state index < -0.39 is 0 Å². The maximum absolute atomic E-state index is 12.6.